The average molecular weight is 396 g/mol. The van der Waals surface area contributed by atoms with Crippen LogP contribution in [0.3, 0.4) is 0 Å². The minimum Gasteiger partial charge on any atom is -0.331 e. The second kappa shape index (κ2) is 6.79. The second-order valence-electron chi connectivity index (χ2n) is 8.05. The first-order valence-corrected chi connectivity index (χ1v) is 10.00. The monoisotopic (exact) mass is 396 g/mol. The van der Waals surface area contributed by atoms with Crippen LogP contribution in [0.4, 0.5) is 4.39 Å². The minimum absolute atomic E-state index is 0.0185. The highest BCUT2D eigenvalue weighted by molar-refractivity contribution is 6.02. The van der Waals surface area contributed by atoms with Crippen LogP contribution < -0.4 is 0 Å². The Hall–Kier alpha value is -3.03. The number of nitrogens with zero attached hydrogens (tertiary/aromatic N) is 3. The van der Waals surface area contributed by atoms with Gasteiger partial charge >= 0.3 is 0 Å². The molecule has 2 bridgehead atoms. The van der Waals surface area contributed by atoms with Crippen LogP contribution in [0.25, 0.3) is 11.3 Å². The van der Waals surface area contributed by atoms with Gasteiger partial charge in [0.15, 0.2) is 0 Å². The van der Waals surface area contributed by atoms with E-state index in [1.165, 1.54) is 17.0 Å². The molecule has 1 aromatic heterocycles. The highest BCUT2D eigenvalue weighted by atomic mass is 19.1. The molecule has 0 saturated carbocycles. The first-order valence-electron chi connectivity index (χ1n) is 10.00. The van der Waals surface area contributed by atoms with Crippen molar-refractivity contribution >= 4 is 17.7 Å². The molecule has 1 aromatic carbocycles. The van der Waals surface area contributed by atoms with Gasteiger partial charge in [0, 0.05) is 36.5 Å². The Kier molecular flexibility index (Phi) is 4.22. The van der Waals surface area contributed by atoms with Crippen LogP contribution in [0.15, 0.2) is 30.3 Å². The molecule has 1 N–H and O–H groups in total. The summed E-state index contributed by atoms with van der Waals surface area (Å²) in [5, 5.41) is 7.02. The zero-order valence-corrected chi connectivity index (χ0v) is 15.8. The molecule has 8 heteroatoms. The number of fused-ring (bicyclic) bond motifs is 2. The number of aromatic nitrogens is 2. The third kappa shape index (κ3) is 3.03. The highest BCUT2D eigenvalue weighted by Gasteiger charge is 2.48. The SMILES string of the molecule is O=C1CCC(=O)N1C1CC2CCC(C1)N2C(=O)c1cc(-c2ccc(F)cc2)n[nH]1. The zero-order valence-electron chi connectivity index (χ0n) is 15.8. The van der Waals surface area contributed by atoms with Crippen molar-refractivity contribution in [2.24, 2.45) is 0 Å². The van der Waals surface area contributed by atoms with Gasteiger partial charge in [-0.2, -0.15) is 5.10 Å². The standard InChI is InChI=1S/C21H21FN4O3/c22-13-3-1-12(2-4-13)17-11-18(24-23-17)21(29)25-14-5-6-15(25)10-16(9-14)26-19(27)7-8-20(26)28/h1-4,11,14-16H,5-10H2,(H,23,24). The summed E-state index contributed by atoms with van der Waals surface area (Å²) in [5.74, 6) is -0.612. The summed E-state index contributed by atoms with van der Waals surface area (Å²) in [5.41, 5.74) is 1.71. The Morgan fingerprint density at radius 3 is 2.24 bits per heavy atom. The lowest BCUT2D eigenvalue weighted by molar-refractivity contribution is -0.142. The number of likely N-dealkylation sites (tertiary alicyclic amines) is 1. The molecule has 0 aliphatic carbocycles. The van der Waals surface area contributed by atoms with Crippen molar-refractivity contribution < 1.29 is 18.8 Å². The summed E-state index contributed by atoms with van der Waals surface area (Å²) in [6.45, 7) is 0. The van der Waals surface area contributed by atoms with Crippen molar-refractivity contribution in [1.82, 2.24) is 20.0 Å². The Morgan fingerprint density at radius 2 is 1.62 bits per heavy atom. The maximum absolute atomic E-state index is 13.2. The maximum atomic E-state index is 13.2. The summed E-state index contributed by atoms with van der Waals surface area (Å²) < 4.78 is 13.1. The summed E-state index contributed by atoms with van der Waals surface area (Å²) >= 11 is 0. The van der Waals surface area contributed by atoms with Crippen molar-refractivity contribution in [2.45, 2.75) is 56.7 Å². The van der Waals surface area contributed by atoms with E-state index in [-0.39, 0.29) is 41.7 Å². The van der Waals surface area contributed by atoms with Gasteiger partial charge in [-0.3, -0.25) is 24.4 Å². The number of H-pyrrole nitrogens is 1. The van der Waals surface area contributed by atoms with Gasteiger partial charge in [-0.15, -0.1) is 0 Å². The Balaban J connectivity index is 1.33. The number of hydrogen-bond acceptors (Lipinski definition) is 4. The van der Waals surface area contributed by atoms with Gasteiger partial charge in [-0.05, 0) is 56.0 Å². The van der Waals surface area contributed by atoms with E-state index in [4.69, 9.17) is 0 Å². The molecular weight excluding hydrogens is 375 g/mol. The first kappa shape index (κ1) is 18.0. The summed E-state index contributed by atoms with van der Waals surface area (Å²) in [6.07, 6.45) is 3.63. The van der Waals surface area contributed by atoms with Crippen LogP contribution in [-0.4, -0.2) is 55.8 Å². The van der Waals surface area contributed by atoms with Crippen LogP contribution in [0.2, 0.25) is 0 Å². The molecule has 2 aromatic rings. The number of amides is 3. The molecule has 3 aliphatic rings. The Morgan fingerprint density at radius 1 is 1.00 bits per heavy atom. The smallest absolute Gasteiger partial charge is 0.272 e. The van der Waals surface area contributed by atoms with Crippen molar-refractivity contribution in [3.8, 4) is 11.3 Å². The van der Waals surface area contributed by atoms with Crippen molar-refractivity contribution in [1.29, 1.82) is 0 Å². The van der Waals surface area contributed by atoms with Crippen molar-refractivity contribution in [3.63, 3.8) is 0 Å². The largest absolute Gasteiger partial charge is 0.331 e. The second-order valence-corrected chi connectivity index (χ2v) is 8.05. The van der Waals surface area contributed by atoms with E-state index >= 15 is 0 Å². The van der Waals surface area contributed by atoms with Crippen molar-refractivity contribution in [2.75, 3.05) is 0 Å². The van der Waals surface area contributed by atoms with Gasteiger partial charge in [-0.1, -0.05) is 0 Å². The fraction of sp³-hybridized carbons (Fsp3) is 0.429. The number of carbonyl (C=O) groups is 3. The van der Waals surface area contributed by atoms with Gasteiger partial charge in [0.25, 0.3) is 5.91 Å². The number of halogens is 1. The third-order valence-electron chi connectivity index (χ3n) is 6.35. The van der Waals surface area contributed by atoms with E-state index < -0.39 is 0 Å². The molecule has 0 spiro atoms. The number of benzene rings is 1. The molecule has 29 heavy (non-hydrogen) atoms. The number of piperidine rings is 1. The minimum atomic E-state index is -0.324. The van der Waals surface area contributed by atoms with Gasteiger partial charge in [0.05, 0.1) is 5.69 Å². The van der Waals surface area contributed by atoms with E-state index in [1.54, 1.807) is 18.2 Å². The molecule has 7 nitrogen and oxygen atoms in total. The molecular formula is C21H21FN4O3. The number of imide groups is 1. The molecule has 3 aliphatic heterocycles. The van der Waals surface area contributed by atoms with Gasteiger partial charge in [0.2, 0.25) is 11.8 Å². The van der Waals surface area contributed by atoms with Crippen LogP contribution in [0.5, 0.6) is 0 Å². The molecule has 2 unspecified atom stereocenters. The first-order chi connectivity index (χ1) is 14.0. The normalized spacial score (nSPS) is 26.4. The van der Waals surface area contributed by atoms with Crippen LogP contribution in [-0.2, 0) is 9.59 Å². The lowest BCUT2D eigenvalue weighted by atomic mass is 9.95. The maximum Gasteiger partial charge on any atom is 0.272 e. The molecule has 0 radical (unpaired) electrons. The van der Waals surface area contributed by atoms with Crippen LogP contribution in [0.1, 0.15) is 49.0 Å². The topological polar surface area (TPSA) is 86.4 Å². The number of aromatic amines is 1. The van der Waals surface area contributed by atoms with Crippen molar-refractivity contribution in [3.05, 3.63) is 41.8 Å². The molecule has 2 atom stereocenters. The molecule has 5 rings (SSSR count). The summed E-state index contributed by atoms with van der Waals surface area (Å²) in [6, 6.07) is 7.59. The van der Waals surface area contributed by atoms with E-state index in [0.29, 0.717) is 37.1 Å². The molecule has 3 fully saturated rings. The Bertz CT molecular complexity index is 956. The predicted octanol–water partition coefficient (Wildman–Crippen LogP) is 2.50. The van der Waals surface area contributed by atoms with E-state index in [0.717, 1.165) is 18.4 Å². The number of nitrogens with one attached hydrogen (secondary N) is 1. The third-order valence-corrected chi connectivity index (χ3v) is 6.35. The summed E-state index contributed by atoms with van der Waals surface area (Å²) in [7, 11) is 0. The van der Waals surface area contributed by atoms with Gasteiger partial charge in [-0.25, -0.2) is 4.39 Å². The molecule has 4 heterocycles. The Labute approximate surface area is 166 Å². The zero-order chi connectivity index (χ0) is 20.1. The highest BCUT2D eigenvalue weighted by Crippen LogP contribution is 2.39. The predicted molar refractivity (Wildman–Crippen MR) is 101 cm³/mol. The molecule has 150 valence electrons. The van der Waals surface area contributed by atoms with Crippen LogP contribution in [0, 0.1) is 5.82 Å². The lowest BCUT2D eigenvalue weighted by Gasteiger charge is -2.41. The van der Waals surface area contributed by atoms with E-state index in [9.17, 15) is 18.8 Å². The number of carbonyl (C=O) groups excluding carboxylic acids is 3. The fourth-order valence-corrected chi connectivity index (χ4v) is 5.03. The summed E-state index contributed by atoms with van der Waals surface area (Å²) in [4.78, 5) is 40.7. The van der Waals surface area contributed by atoms with E-state index in [2.05, 4.69) is 10.2 Å². The molecule has 3 saturated heterocycles. The van der Waals surface area contributed by atoms with Gasteiger partial charge < -0.3 is 4.90 Å². The quantitative estimate of drug-likeness (QED) is 0.808. The number of rotatable bonds is 3. The van der Waals surface area contributed by atoms with Crippen LogP contribution >= 0.6 is 0 Å². The lowest BCUT2D eigenvalue weighted by Crippen LogP contribution is -2.53. The number of hydrogen-bond donors (Lipinski definition) is 1. The van der Waals surface area contributed by atoms with E-state index in [1.807, 2.05) is 4.90 Å². The average Bonchev–Trinajstić information content (AvgIpc) is 3.39. The van der Waals surface area contributed by atoms with Gasteiger partial charge in [0.1, 0.15) is 11.5 Å². The fourth-order valence-electron chi connectivity index (χ4n) is 5.03. The molecule has 3 amide bonds.